The molecule has 2 heterocycles. The molecule has 0 radical (unpaired) electrons. The lowest BCUT2D eigenvalue weighted by atomic mass is 9.93. The monoisotopic (exact) mass is 287 g/mol. The van der Waals surface area contributed by atoms with Gasteiger partial charge in [0.1, 0.15) is 5.82 Å². The predicted octanol–water partition coefficient (Wildman–Crippen LogP) is 2.10. The molecule has 0 spiro atoms. The van der Waals surface area contributed by atoms with Crippen molar-refractivity contribution in [3.8, 4) is 0 Å². The number of H-pyrrole nitrogens is 1. The van der Waals surface area contributed by atoms with Crippen molar-refractivity contribution in [2.24, 2.45) is 5.92 Å². The smallest absolute Gasteiger partial charge is 0.251 e. The molecule has 2 aliphatic rings. The Morgan fingerprint density at radius 3 is 2.95 bits per heavy atom. The summed E-state index contributed by atoms with van der Waals surface area (Å²) in [6, 6.07) is 1.41. The minimum atomic E-state index is -0.141. The van der Waals surface area contributed by atoms with E-state index >= 15 is 0 Å². The van der Waals surface area contributed by atoms with Gasteiger partial charge in [0.15, 0.2) is 0 Å². The second kappa shape index (κ2) is 5.84. The maximum absolute atomic E-state index is 12.7. The van der Waals surface area contributed by atoms with Gasteiger partial charge in [-0.25, -0.2) is 4.98 Å². The molecule has 1 N–H and O–H groups in total. The van der Waals surface area contributed by atoms with Gasteiger partial charge in [-0.15, -0.1) is 0 Å². The first-order valence-corrected chi connectivity index (χ1v) is 7.68. The molecular weight excluding hydrogens is 266 g/mol. The lowest BCUT2D eigenvalue weighted by Gasteiger charge is -2.29. The summed E-state index contributed by atoms with van der Waals surface area (Å²) in [6.07, 6.45) is 8.83. The van der Waals surface area contributed by atoms with Crippen molar-refractivity contribution in [3.63, 3.8) is 0 Å². The summed E-state index contributed by atoms with van der Waals surface area (Å²) in [5, 5.41) is 0. The van der Waals surface area contributed by atoms with Gasteiger partial charge < -0.3 is 9.88 Å². The number of allylic oxidation sites excluding steroid dienone is 2. The molecule has 5 heteroatoms. The molecule has 0 unspecified atom stereocenters. The highest BCUT2D eigenvalue weighted by Crippen LogP contribution is 2.33. The first kappa shape index (κ1) is 14.0. The van der Waals surface area contributed by atoms with E-state index in [1.165, 1.54) is 6.07 Å². The third-order valence-corrected chi connectivity index (χ3v) is 4.36. The Hall–Kier alpha value is -1.91. The highest BCUT2D eigenvalue weighted by molar-refractivity contribution is 5.79. The second-order valence-corrected chi connectivity index (χ2v) is 5.94. The fourth-order valence-corrected chi connectivity index (χ4v) is 3.33. The molecule has 1 aromatic heterocycles. The second-order valence-electron chi connectivity index (χ2n) is 5.94. The SMILES string of the molecule is Cc1cc(=O)[nH]c([C@H]2CCCN2C(=O)[C@H]2CC=CCC2)n1. The van der Waals surface area contributed by atoms with Crippen molar-refractivity contribution in [2.45, 2.75) is 45.1 Å². The van der Waals surface area contributed by atoms with Crippen LogP contribution in [0.2, 0.25) is 0 Å². The Labute approximate surface area is 124 Å². The zero-order chi connectivity index (χ0) is 14.8. The molecule has 0 bridgehead atoms. The van der Waals surface area contributed by atoms with Crippen molar-refractivity contribution in [3.05, 3.63) is 40.1 Å². The van der Waals surface area contributed by atoms with Crippen molar-refractivity contribution in [1.29, 1.82) is 0 Å². The van der Waals surface area contributed by atoms with E-state index in [-0.39, 0.29) is 23.4 Å². The highest BCUT2D eigenvalue weighted by atomic mass is 16.2. The summed E-state index contributed by atoms with van der Waals surface area (Å²) in [4.78, 5) is 33.5. The van der Waals surface area contributed by atoms with Gasteiger partial charge in [0, 0.05) is 24.2 Å². The highest BCUT2D eigenvalue weighted by Gasteiger charge is 2.35. The van der Waals surface area contributed by atoms with E-state index in [0.717, 1.165) is 38.6 Å². The molecule has 0 saturated carbocycles. The van der Waals surface area contributed by atoms with Crippen LogP contribution < -0.4 is 5.56 Å². The molecule has 5 nitrogen and oxygen atoms in total. The largest absolute Gasteiger partial charge is 0.332 e. The van der Waals surface area contributed by atoms with Crippen LogP contribution in [0, 0.1) is 12.8 Å². The standard InChI is InChI=1S/C16H21N3O2/c1-11-10-14(20)18-15(17-11)13-8-5-9-19(13)16(21)12-6-3-2-4-7-12/h2-3,10,12-13H,4-9H2,1H3,(H,17,18,20)/t12-,13+/m0/s1. The number of carbonyl (C=O) groups excluding carboxylic acids is 1. The number of nitrogens with zero attached hydrogens (tertiary/aromatic N) is 2. The molecule has 21 heavy (non-hydrogen) atoms. The first-order chi connectivity index (χ1) is 10.1. The Kier molecular flexibility index (Phi) is 3.90. The Bertz CT molecular complexity index is 620. The van der Waals surface area contributed by atoms with Gasteiger partial charge in [-0.1, -0.05) is 12.2 Å². The zero-order valence-electron chi connectivity index (χ0n) is 12.3. The number of nitrogens with one attached hydrogen (secondary N) is 1. The van der Waals surface area contributed by atoms with Crippen LogP contribution in [-0.4, -0.2) is 27.3 Å². The quantitative estimate of drug-likeness (QED) is 0.847. The molecule has 1 amide bonds. The number of aryl methyl sites for hydroxylation is 1. The van der Waals surface area contributed by atoms with Crippen LogP contribution in [0.5, 0.6) is 0 Å². The van der Waals surface area contributed by atoms with Crippen LogP contribution in [0.4, 0.5) is 0 Å². The number of hydrogen-bond acceptors (Lipinski definition) is 3. The number of amides is 1. The molecule has 1 fully saturated rings. The molecule has 1 saturated heterocycles. The summed E-state index contributed by atoms with van der Waals surface area (Å²) in [5.41, 5.74) is 0.561. The fourth-order valence-electron chi connectivity index (χ4n) is 3.33. The summed E-state index contributed by atoms with van der Waals surface area (Å²) in [5.74, 6) is 0.940. The predicted molar refractivity (Wildman–Crippen MR) is 79.8 cm³/mol. The molecule has 1 aliphatic carbocycles. The summed E-state index contributed by atoms with van der Waals surface area (Å²) < 4.78 is 0. The average Bonchev–Trinajstić information content (AvgIpc) is 2.96. The summed E-state index contributed by atoms with van der Waals surface area (Å²) in [6.45, 7) is 2.58. The third kappa shape index (κ3) is 2.91. The number of aromatic nitrogens is 2. The van der Waals surface area contributed by atoms with Crippen LogP contribution in [0.1, 0.15) is 49.7 Å². The average molecular weight is 287 g/mol. The lowest BCUT2D eigenvalue weighted by molar-refractivity contribution is -0.136. The first-order valence-electron chi connectivity index (χ1n) is 7.68. The van der Waals surface area contributed by atoms with Gasteiger partial charge in [-0.3, -0.25) is 9.59 Å². The molecule has 1 aromatic rings. The van der Waals surface area contributed by atoms with E-state index in [2.05, 4.69) is 22.1 Å². The van der Waals surface area contributed by atoms with E-state index in [1.807, 2.05) is 11.8 Å². The van der Waals surface area contributed by atoms with Crippen LogP contribution in [-0.2, 0) is 4.79 Å². The van der Waals surface area contributed by atoms with Crippen molar-refractivity contribution >= 4 is 5.91 Å². The van der Waals surface area contributed by atoms with E-state index in [0.29, 0.717) is 11.5 Å². The number of aromatic amines is 1. The van der Waals surface area contributed by atoms with Crippen molar-refractivity contribution in [2.75, 3.05) is 6.54 Å². The topological polar surface area (TPSA) is 66.1 Å². The van der Waals surface area contributed by atoms with Gasteiger partial charge in [-0.2, -0.15) is 0 Å². The third-order valence-electron chi connectivity index (χ3n) is 4.36. The molecular formula is C16H21N3O2. The molecule has 2 atom stereocenters. The molecule has 0 aromatic carbocycles. The normalized spacial score (nSPS) is 25.3. The van der Waals surface area contributed by atoms with Crippen LogP contribution >= 0.6 is 0 Å². The fraction of sp³-hybridized carbons (Fsp3) is 0.562. The maximum Gasteiger partial charge on any atom is 0.251 e. The van der Waals surface area contributed by atoms with Crippen LogP contribution in [0.3, 0.4) is 0 Å². The molecule has 112 valence electrons. The maximum atomic E-state index is 12.7. The van der Waals surface area contributed by atoms with Crippen LogP contribution in [0.25, 0.3) is 0 Å². The van der Waals surface area contributed by atoms with Crippen LogP contribution in [0.15, 0.2) is 23.0 Å². The number of hydrogen-bond donors (Lipinski definition) is 1. The van der Waals surface area contributed by atoms with Gasteiger partial charge in [0.25, 0.3) is 5.56 Å². The minimum Gasteiger partial charge on any atom is -0.332 e. The van der Waals surface area contributed by atoms with E-state index < -0.39 is 0 Å². The lowest BCUT2D eigenvalue weighted by Crippen LogP contribution is -2.37. The Morgan fingerprint density at radius 1 is 1.38 bits per heavy atom. The van der Waals surface area contributed by atoms with Gasteiger partial charge in [0.05, 0.1) is 6.04 Å². The minimum absolute atomic E-state index is 0.0731. The van der Waals surface area contributed by atoms with Gasteiger partial charge in [0.2, 0.25) is 5.91 Å². The summed E-state index contributed by atoms with van der Waals surface area (Å²) >= 11 is 0. The van der Waals surface area contributed by atoms with E-state index in [9.17, 15) is 9.59 Å². The molecule has 1 aliphatic heterocycles. The van der Waals surface area contributed by atoms with Gasteiger partial charge in [-0.05, 0) is 39.0 Å². The number of likely N-dealkylation sites (tertiary alicyclic amines) is 1. The number of rotatable bonds is 2. The van der Waals surface area contributed by atoms with Crippen molar-refractivity contribution in [1.82, 2.24) is 14.9 Å². The Morgan fingerprint density at radius 2 is 2.24 bits per heavy atom. The summed E-state index contributed by atoms with van der Waals surface area (Å²) in [7, 11) is 0. The molecule has 3 rings (SSSR count). The van der Waals surface area contributed by atoms with Gasteiger partial charge >= 0.3 is 0 Å². The zero-order valence-corrected chi connectivity index (χ0v) is 12.3. The van der Waals surface area contributed by atoms with E-state index in [4.69, 9.17) is 0 Å². The Balaban J connectivity index is 1.83. The number of carbonyl (C=O) groups is 1. The van der Waals surface area contributed by atoms with E-state index in [1.54, 1.807) is 0 Å². The van der Waals surface area contributed by atoms with Crippen molar-refractivity contribution < 1.29 is 4.79 Å².